The lowest BCUT2D eigenvalue weighted by atomic mass is 10.2. The van der Waals surface area contributed by atoms with E-state index < -0.39 is 0 Å². The van der Waals surface area contributed by atoms with Gasteiger partial charge in [0.15, 0.2) is 0 Å². The van der Waals surface area contributed by atoms with Crippen molar-refractivity contribution >= 4 is 0 Å². The Hall–Kier alpha value is -0.0800. The molecule has 0 aromatic heterocycles. The van der Waals surface area contributed by atoms with Gasteiger partial charge in [-0.3, -0.25) is 0 Å². The fourth-order valence-electron chi connectivity index (χ4n) is 0.915. The second-order valence-electron chi connectivity index (χ2n) is 2.77. The first-order valence-corrected chi connectivity index (χ1v) is 4.12. The van der Waals surface area contributed by atoms with Gasteiger partial charge in [0.2, 0.25) is 0 Å². The molecule has 0 aliphatic heterocycles. The van der Waals surface area contributed by atoms with Crippen molar-refractivity contribution in [1.29, 1.82) is 0 Å². The Morgan fingerprint density at radius 1 is 1.30 bits per heavy atom. The molecule has 0 unspecified atom stereocenters. The number of aliphatic hydroxyl groups is 1. The highest BCUT2D eigenvalue weighted by atomic mass is 16.3. The first-order chi connectivity index (χ1) is 4.70. The van der Waals surface area contributed by atoms with Crippen molar-refractivity contribution in [2.24, 2.45) is 0 Å². The van der Waals surface area contributed by atoms with Crippen molar-refractivity contribution < 1.29 is 5.11 Å². The van der Waals surface area contributed by atoms with Gasteiger partial charge in [-0.05, 0) is 19.8 Å². The van der Waals surface area contributed by atoms with Gasteiger partial charge in [0.05, 0.1) is 6.10 Å². The molecule has 2 nitrogen and oxygen atoms in total. The Labute approximate surface area is 63.6 Å². The lowest BCUT2D eigenvalue weighted by molar-refractivity contribution is 0.185. The predicted octanol–water partition coefficient (Wildman–Crippen LogP) is 1.15. The number of hydrogen-bond acceptors (Lipinski definition) is 2. The van der Waals surface area contributed by atoms with Crippen molar-refractivity contribution in [2.45, 2.75) is 45.8 Å². The Bertz CT molecular complexity index is 69.7. The minimum Gasteiger partial charge on any atom is -0.392 e. The number of nitrogens with one attached hydrogen (secondary N) is 1. The molecule has 2 heteroatoms. The molecule has 1 atom stereocenters. The van der Waals surface area contributed by atoms with Crippen LogP contribution in [0.25, 0.3) is 0 Å². The van der Waals surface area contributed by atoms with Gasteiger partial charge in [0.25, 0.3) is 0 Å². The van der Waals surface area contributed by atoms with Crippen LogP contribution in [-0.4, -0.2) is 23.8 Å². The van der Waals surface area contributed by atoms with Gasteiger partial charge in [-0.15, -0.1) is 0 Å². The first-order valence-electron chi connectivity index (χ1n) is 4.12. The minimum absolute atomic E-state index is 0.222. The topological polar surface area (TPSA) is 32.3 Å². The predicted molar refractivity (Wildman–Crippen MR) is 44.1 cm³/mol. The molecule has 0 saturated heterocycles. The molecule has 0 amide bonds. The summed E-state index contributed by atoms with van der Waals surface area (Å²) in [7, 11) is 0. The summed E-state index contributed by atoms with van der Waals surface area (Å²) in [6, 6.07) is 0.578. The molecule has 62 valence electrons. The fourth-order valence-corrected chi connectivity index (χ4v) is 0.915. The summed E-state index contributed by atoms with van der Waals surface area (Å²) in [4.78, 5) is 0. The second kappa shape index (κ2) is 5.69. The summed E-state index contributed by atoms with van der Waals surface area (Å²) >= 11 is 0. The van der Waals surface area contributed by atoms with Crippen LogP contribution in [0.3, 0.4) is 0 Å². The molecule has 0 aromatic rings. The minimum atomic E-state index is -0.222. The lowest BCUT2D eigenvalue weighted by Gasteiger charge is -2.15. The Morgan fingerprint density at radius 2 is 1.80 bits per heavy atom. The van der Waals surface area contributed by atoms with Crippen molar-refractivity contribution in [3.05, 3.63) is 0 Å². The average molecular weight is 145 g/mol. The molecule has 0 aromatic carbocycles. The summed E-state index contributed by atoms with van der Waals surface area (Å²) in [5.74, 6) is 0. The fraction of sp³-hybridized carbons (Fsp3) is 1.00. The van der Waals surface area contributed by atoms with Gasteiger partial charge in [-0.2, -0.15) is 0 Å². The summed E-state index contributed by atoms with van der Waals surface area (Å²) in [6.45, 7) is 6.83. The molecule has 0 spiro atoms. The van der Waals surface area contributed by atoms with Crippen LogP contribution in [0, 0.1) is 0 Å². The third-order valence-corrected chi connectivity index (χ3v) is 1.69. The maximum absolute atomic E-state index is 8.93. The highest BCUT2D eigenvalue weighted by molar-refractivity contribution is 4.63. The largest absolute Gasteiger partial charge is 0.392 e. The molecule has 0 saturated carbocycles. The van der Waals surface area contributed by atoms with E-state index in [9.17, 15) is 0 Å². The van der Waals surface area contributed by atoms with Crippen molar-refractivity contribution in [3.63, 3.8) is 0 Å². The van der Waals surface area contributed by atoms with E-state index in [-0.39, 0.29) is 6.10 Å². The van der Waals surface area contributed by atoms with Gasteiger partial charge >= 0.3 is 0 Å². The van der Waals surface area contributed by atoms with Crippen LogP contribution in [0.4, 0.5) is 0 Å². The summed E-state index contributed by atoms with van der Waals surface area (Å²) in [5.41, 5.74) is 0. The van der Waals surface area contributed by atoms with Gasteiger partial charge < -0.3 is 10.4 Å². The van der Waals surface area contributed by atoms with Crippen LogP contribution in [-0.2, 0) is 0 Å². The molecule has 0 aliphatic carbocycles. The SMILES string of the molecule is CCC(CC)NC[C@H](C)O. The summed E-state index contributed by atoms with van der Waals surface area (Å²) in [5, 5.41) is 12.2. The van der Waals surface area contributed by atoms with Crippen LogP contribution in [0.1, 0.15) is 33.6 Å². The van der Waals surface area contributed by atoms with E-state index in [1.165, 1.54) is 0 Å². The highest BCUT2D eigenvalue weighted by Gasteiger charge is 2.02. The number of aliphatic hydroxyl groups excluding tert-OH is 1. The molecule has 0 radical (unpaired) electrons. The van der Waals surface area contributed by atoms with E-state index in [2.05, 4.69) is 19.2 Å². The number of hydrogen-bond donors (Lipinski definition) is 2. The molecule has 0 heterocycles. The van der Waals surface area contributed by atoms with E-state index in [0.29, 0.717) is 12.6 Å². The number of rotatable bonds is 5. The van der Waals surface area contributed by atoms with E-state index in [1.807, 2.05) is 0 Å². The molecule has 0 fully saturated rings. The van der Waals surface area contributed by atoms with Crippen LogP contribution >= 0.6 is 0 Å². The Balaban J connectivity index is 3.26. The van der Waals surface area contributed by atoms with E-state index >= 15 is 0 Å². The maximum Gasteiger partial charge on any atom is 0.0636 e. The van der Waals surface area contributed by atoms with Crippen LogP contribution in [0.15, 0.2) is 0 Å². The molecule has 10 heavy (non-hydrogen) atoms. The summed E-state index contributed by atoms with van der Waals surface area (Å²) in [6.07, 6.45) is 2.06. The smallest absolute Gasteiger partial charge is 0.0636 e. The Morgan fingerprint density at radius 3 is 2.10 bits per heavy atom. The monoisotopic (exact) mass is 145 g/mol. The van der Waals surface area contributed by atoms with Crippen LogP contribution in [0.5, 0.6) is 0 Å². The third kappa shape index (κ3) is 4.77. The lowest BCUT2D eigenvalue weighted by Crippen LogP contribution is -2.33. The van der Waals surface area contributed by atoms with Crippen molar-refractivity contribution in [1.82, 2.24) is 5.32 Å². The van der Waals surface area contributed by atoms with Crippen LogP contribution < -0.4 is 5.32 Å². The van der Waals surface area contributed by atoms with Crippen molar-refractivity contribution in [3.8, 4) is 0 Å². The zero-order valence-corrected chi connectivity index (χ0v) is 7.22. The normalized spacial score (nSPS) is 14.1. The summed E-state index contributed by atoms with van der Waals surface area (Å²) < 4.78 is 0. The van der Waals surface area contributed by atoms with E-state index in [1.54, 1.807) is 6.92 Å². The molecule has 2 N–H and O–H groups in total. The standard InChI is InChI=1S/C8H19NO/c1-4-8(5-2)9-6-7(3)10/h7-10H,4-6H2,1-3H3/t7-/m0/s1. The maximum atomic E-state index is 8.93. The Kier molecular flexibility index (Phi) is 5.64. The molecule has 0 rings (SSSR count). The zero-order valence-electron chi connectivity index (χ0n) is 7.22. The van der Waals surface area contributed by atoms with Crippen molar-refractivity contribution in [2.75, 3.05) is 6.54 Å². The van der Waals surface area contributed by atoms with Gasteiger partial charge in [0.1, 0.15) is 0 Å². The van der Waals surface area contributed by atoms with E-state index in [0.717, 1.165) is 12.8 Å². The first kappa shape index (κ1) is 9.92. The van der Waals surface area contributed by atoms with E-state index in [4.69, 9.17) is 5.11 Å². The zero-order chi connectivity index (χ0) is 7.98. The average Bonchev–Trinajstić information content (AvgIpc) is 1.90. The molecule has 0 aliphatic rings. The van der Waals surface area contributed by atoms with Gasteiger partial charge in [-0.1, -0.05) is 13.8 Å². The molecular weight excluding hydrogens is 126 g/mol. The quantitative estimate of drug-likeness (QED) is 0.608. The third-order valence-electron chi connectivity index (χ3n) is 1.69. The van der Waals surface area contributed by atoms with Gasteiger partial charge in [-0.25, -0.2) is 0 Å². The molecular formula is C8H19NO. The van der Waals surface area contributed by atoms with Gasteiger partial charge in [0, 0.05) is 12.6 Å². The molecule has 0 bridgehead atoms. The van der Waals surface area contributed by atoms with Crippen LogP contribution in [0.2, 0.25) is 0 Å². The highest BCUT2D eigenvalue weighted by Crippen LogP contribution is 1.95. The second-order valence-corrected chi connectivity index (χ2v) is 2.77.